The van der Waals surface area contributed by atoms with E-state index in [2.05, 4.69) is 26.9 Å². The van der Waals surface area contributed by atoms with Crippen LogP contribution in [0.3, 0.4) is 0 Å². The van der Waals surface area contributed by atoms with Crippen molar-refractivity contribution in [2.45, 2.75) is 75.5 Å². The maximum atomic E-state index is 13.6. The number of nitrogens with one attached hydrogen (secondary N) is 1. The molecule has 4 aliphatic carbocycles. The molecule has 0 amide bonds. The number of imidazole rings is 1. The van der Waals surface area contributed by atoms with Crippen LogP contribution in [0.25, 0.3) is 11.2 Å². The van der Waals surface area contributed by atoms with Gasteiger partial charge in [0.15, 0.2) is 17.2 Å². The van der Waals surface area contributed by atoms with Gasteiger partial charge in [0, 0.05) is 11.8 Å². The number of ketones is 2. The van der Waals surface area contributed by atoms with Crippen molar-refractivity contribution in [2.24, 2.45) is 28.6 Å². The summed E-state index contributed by atoms with van der Waals surface area (Å²) in [5.41, 5.74) is 0.0908. The highest BCUT2D eigenvalue weighted by molar-refractivity contribution is 8.00. The number of fused-ring (bicyclic) bond motifs is 6. The van der Waals surface area contributed by atoms with Gasteiger partial charge in [-0.1, -0.05) is 31.2 Å². The number of aromatic amines is 1. The molecular weight excluding hydrogens is 464 g/mol. The summed E-state index contributed by atoms with van der Waals surface area (Å²) in [4.78, 5) is 41.3. The Morgan fingerprint density at radius 2 is 2.03 bits per heavy atom. The molecule has 0 spiro atoms. The summed E-state index contributed by atoms with van der Waals surface area (Å²) < 4.78 is 0. The van der Waals surface area contributed by atoms with Gasteiger partial charge in [0.1, 0.15) is 22.5 Å². The number of carbonyl (C=O) groups is 2. The molecule has 6 rings (SSSR count). The minimum absolute atomic E-state index is 0.0650. The summed E-state index contributed by atoms with van der Waals surface area (Å²) in [6, 6.07) is 0. The van der Waals surface area contributed by atoms with Crippen molar-refractivity contribution >= 4 is 34.5 Å². The lowest BCUT2D eigenvalue weighted by Gasteiger charge is -2.60. The average Bonchev–Trinajstić information content (AvgIpc) is 3.41. The number of hydrogen-bond acceptors (Lipinski definition) is 8. The maximum Gasteiger partial charge on any atom is 0.181 e. The molecule has 2 aromatic rings. The second kappa shape index (κ2) is 7.95. The number of aromatic nitrogens is 4. The molecule has 2 heterocycles. The Hall–Kier alpha value is -2.10. The Bertz CT molecular complexity index is 1240. The van der Waals surface area contributed by atoms with Crippen LogP contribution in [0.4, 0.5) is 0 Å². The quantitative estimate of drug-likeness (QED) is 0.435. The average molecular weight is 497 g/mol. The van der Waals surface area contributed by atoms with Crippen molar-refractivity contribution in [3.63, 3.8) is 0 Å². The lowest BCUT2D eigenvalue weighted by atomic mass is 9.45. The zero-order valence-electron chi connectivity index (χ0n) is 20.2. The number of aliphatic hydroxyl groups excluding tert-OH is 1. The third-order valence-corrected chi connectivity index (χ3v) is 11.0. The molecule has 0 bridgehead atoms. The van der Waals surface area contributed by atoms with E-state index in [0.29, 0.717) is 35.5 Å². The molecule has 35 heavy (non-hydrogen) atoms. The number of aliphatic hydroxyl groups is 2. The number of H-pyrrole nitrogens is 1. The third-order valence-electron chi connectivity index (χ3n) is 10.0. The van der Waals surface area contributed by atoms with Crippen LogP contribution in [0.15, 0.2) is 29.3 Å². The van der Waals surface area contributed by atoms with Crippen molar-refractivity contribution in [2.75, 3.05) is 5.75 Å². The first-order valence-electron chi connectivity index (χ1n) is 12.6. The summed E-state index contributed by atoms with van der Waals surface area (Å²) in [6.07, 6.45) is 8.87. The van der Waals surface area contributed by atoms with Crippen molar-refractivity contribution in [3.05, 3.63) is 24.3 Å². The molecule has 2 aromatic heterocycles. The van der Waals surface area contributed by atoms with Crippen molar-refractivity contribution < 1.29 is 19.8 Å². The predicted molar refractivity (Wildman–Crippen MR) is 130 cm³/mol. The minimum atomic E-state index is -1.48. The van der Waals surface area contributed by atoms with Gasteiger partial charge < -0.3 is 15.2 Å². The van der Waals surface area contributed by atoms with Gasteiger partial charge in [-0.25, -0.2) is 15.0 Å². The summed E-state index contributed by atoms with van der Waals surface area (Å²) in [7, 11) is 0. The van der Waals surface area contributed by atoms with Crippen LogP contribution >= 0.6 is 11.8 Å². The molecular formula is C26H32N4O4S. The molecule has 0 saturated heterocycles. The summed E-state index contributed by atoms with van der Waals surface area (Å²) in [6.45, 7) is 4.23. The van der Waals surface area contributed by atoms with Gasteiger partial charge in [0.05, 0.1) is 18.2 Å². The smallest absolute Gasteiger partial charge is 0.181 e. The Kier molecular flexibility index (Phi) is 5.29. The molecule has 4 aliphatic rings. The van der Waals surface area contributed by atoms with Crippen LogP contribution in [0, 0.1) is 28.6 Å². The SMILES string of the molecule is CC12CCC(=O)C=C1CCC1C2C(O)CC2(C)C1CCC2(O)C(=O)CSc1ncnc2nc[nH]c12. The summed E-state index contributed by atoms with van der Waals surface area (Å²) in [5, 5.41) is 24.1. The zero-order valence-corrected chi connectivity index (χ0v) is 21.0. The molecule has 0 aliphatic heterocycles. The molecule has 3 saturated carbocycles. The maximum absolute atomic E-state index is 13.6. The van der Waals surface area contributed by atoms with E-state index >= 15 is 0 Å². The second-order valence-electron chi connectivity index (χ2n) is 11.5. The van der Waals surface area contributed by atoms with Gasteiger partial charge in [0.2, 0.25) is 0 Å². The zero-order chi connectivity index (χ0) is 24.6. The van der Waals surface area contributed by atoms with Gasteiger partial charge in [-0.05, 0) is 67.8 Å². The van der Waals surface area contributed by atoms with Gasteiger partial charge in [-0.3, -0.25) is 9.59 Å². The first-order chi connectivity index (χ1) is 16.7. The molecule has 8 nitrogen and oxygen atoms in total. The van der Waals surface area contributed by atoms with Crippen LogP contribution in [0.5, 0.6) is 0 Å². The Morgan fingerprint density at radius 3 is 2.86 bits per heavy atom. The Balaban J connectivity index is 1.26. The largest absolute Gasteiger partial charge is 0.393 e. The fraction of sp³-hybridized carbons (Fsp3) is 0.654. The molecule has 3 N–H and O–H groups in total. The van der Waals surface area contributed by atoms with Gasteiger partial charge >= 0.3 is 0 Å². The van der Waals surface area contributed by atoms with Crippen molar-refractivity contribution in [1.29, 1.82) is 0 Å². The van der Waals surface area contributed by atoms with Crippen LogP contribution < -0.4 is 0 Å². The van der Waals surface area contributed by atoms with Crippen LogP contribution in [-0.2, 0) is 9.59 Å². The van der Waals surface area contributed by atoms with E-state index in [0.717, 1.165) is 25.7 Å². The first-order valence-corrected chi connectivity index (χ1v) is 13.6. The number of Topliss-reactive ketones (excluding diaryl/α,β-unsaturated/α-hetero) is 1. The number of nitrogens with zero attached hydrogens (tertiary/aromatic N) is 3. The van der Waals surface area contributed by atoms with Crippen molar-refractivity contribution in [1.82, 2.24) is 19.9 Å². The van der Waals surface area contributed by atoms with Crippen LogP contribution in [-0.4, -0.2) is 59.2 Å². The highest BCUT2D eigenvalue weighted by Crippen LogP contribution is 2.67. The van der Waals surface area contributed by atoms with E-state index in [4.69, 9.17) is 0 Å². The molecule has 7 atom stereocenters. The van der Waals surface area contributed by atoms with E-state index in [1.807, 2.05) is 13.0 Å². The number of carbonyl (C=O) groups excluding carboxylic acids is 2. The third kappa shape index (κ3) is 3.23. The number of thioether (sulfide) groups is 1. The first kappa shape index (κ1) is 23.3. The van der Waals surface area contributed by atoms with E-state index in [1.165, 1.54) is 23.7 Å². The fourth-order valence-electron chi connectivity index (χ4n) is 8.26. The standard InChI is InChI=1S/C26H32N4O4S/c1-24-7-5-15(31)9-14(24)3-4-16-17-6-8-26(34,25(17,2)10-18(32)20(16)24)19(33)11-35-23-21-22(28-12-27-21)29-13-30-23/h9,12-13,16-18,20,32,34H,3-8,10-11H2,1-2H3,(H,27,28,29,30). The molecule has 0 radical (unpaired) electrons. The summed E-state index contributed by atoms with van der Waals surface area (Å²) >= 11 is 1.29. The van der Waals surface area contributed by atoms with E-state index in [9.17, 15) is 19.8 Å². The van der Waals surface area contributed by atoms with E-state index < -0.39 is 17.1 Å². The highest BCUT2D eigenvalue weighted by Gasteiger charge is 2.68. The number of rotatable bonds is 4. The van der Waals surface area contributed by atoms with Gasteiger partial charge in [-0.2, -0.15) is 0 Å². The Labute approximate surface area is 208 Å². The lowest BCUT2D eigenvalue weighted by molar-refractivity contribution is -0.178. The lowest BCUT2D eigenvalue weighted by Crippen LogP contribution is -2.61. The van der Waals surface area contributed by atoms with Crippen LogP contribution in [0.2, 0.25) is 0 Å². The predicted octanol–water partition coefficient (Wildman–Crippen LogP) is 3.25. The normalized spacial score (nSPS) is 40.7. The van der Waals surface area contributed by atoms with Gasteiger partial charge in [0.25, 0.3) is 0 Å². The topological polar surface area (TPSA) is 129 Å². The van der Waals surface area contributed by atoms with Crippen LogP contribution in [0.1, 0.15) is 58.8 Å². The number of hydrogen-bond donors (Lipinski definition) is 3. The number of allylic oxidation sites excluding steroid dienone is 1. The molecule has 9 heteroatoms. The molecule has 186 valence electrons. The Morgan fingerprint density at radius 1 is 1.20 bits per heavy atom. The minimum Gasteiger partial charge on any atom is -0.393 e. The molecule has 3 fully saturated rings. The fourth-order valence-corrected chi connectivity index (χ4v) is 9.18. The molecule has 7 unspecified atom stereocenters. The second-order valence-corrected chi connectivity index (χ2v) is 12.4. The summed E-state index contributed by atoms with van der Waals surface area (Å²) in [5.74, 6) is 0.566. The van der Waals surface area contributed by atoms with Gasteiger partial charge in [-0.15, -0.1) is 0 Å². The highest BCUT2D eigenvalue weighted by atomic mass is 32.2. The van der Waals surface area contributed by atoms with E-state index in [1.54, 1.807) is 6.33 Å². The van der Waals surface area contributed by atoms with Crippen molar-refractivity contribution in [3.8, 4) is 0 Å². The van der Waals surface area contributed by atoms with E-state index in [-0.39, 0.29) is 40.5 Å². The monoisotopic (exact) mass is 496 g/mol. The molecule has 0 aromatic carbocycles.